The van der Waals surface area contributed by atoms with Gasteiger partial charge in [0, 0.05) is 15.3 Å². The van der Waals surface area contributed by atoms with Crippen molar-refractivity contribution in [3.63, 3.8) is 0 Å². The molecule has 0 saturated carbocycles. The molecule has 0 bridgehead atoms. The fraction of sp³-hybridized carbons (Fsp3) is 0.269. The van der Waals surface area contributed by atoms with Gasteiger partial charge in [-0.25, -0.2) is 0 Å². The molecular weight excluding hydrogens is 540 g/mol. The number of hydrogen-bond donors (Lipinski definition) is 1. The fourth-order valence-electron chi connectivity index (χ4n) is 4.98. The molecule has 1 heterocycles. The minimum atomic E-state index is -4.41. The first kappa shape index (κ1) is 22.4. The summed E-state index contributed by atoms with van der Waals surface area (Å²) in [7, 11) is 0. The molecule has 33 heavy (non-hydrogen) atoms. The minimum absolute atomic E-state index is 0.0965. The lowest BCUT2D eigenvalue weighted by Crippen LogP contribution is -2.40. The van der Waals surface area contributed by atoms with Crippen LogP contribution in [0.1, 0.15) is 47.2 Å². The zero-order valence-corrected chi connectivity index (χ0v) is 19.8. The van der Waals surface area contributed by atoms with Crippen LogP contribution in [0.2, 0.25) is 0 Å². The molecule has 3 nitrogen and oxygen atoms in total. The Labute approximate surface area is 204 Å². The van der Waals surface area contributed by atoms with Gasteiger partial charge in [-0.05, 0) is 94.9 Å². The number of nitrogens with one attached hydrogen (secondary N) is 1. The summed E-state index contributed by atoms with van der Waals surface area (Å²) in [5.74, 6) is -0.108. The largest absolute Gasteiger partial charge is 0.416 e. The molecule has 1 fully saturated rings. The van der Waals surface area contributed by atoms with Crippen molar-refractivity contribution in [1.29, 1.82) is 0 Å². The van der Waals surface area contributed by atoms with E-state index >= 15 is 0 Å². The predicted octanol–water partition coefficient (Wildman–Crippen LogP) is 6.43. The summed E-state index contributed by atoms with van der Waals surface area (Å²) in [6.45, 7) is 0. The molecule has 0 unspecified atom stereocenters. The summed E-state index contributed by atoms with van der Waals surface area (Å²) < 4.78 is 40.3. The summed E-state index contributed by atoms with van der Waals surface area (Å²) in [5.41, 5.74) is 3.26. The second kappa shape index (κ2) is 8.76. The van der Waals surface area contributed by atoms with Gasteiger partial charge < -0.3 is 4.90 Å². The smallest absolute Gasteiger partial charge is 0.304 e. The van der Waals surface area contributed by atoms with E-state index in [0.717, 1.165) is 34.1 Å². The first-order chi connectivity index (χ1) is 15.8. The highest BCUT2D eigenvalue weighted by Crippen LogP contribution is 2.41. The molecule has 3 aromatic rings. The van der Waals surface area contributed by atoms with Gasteiger partial charge in [0.05, 0.1) is 17.6 Å². The zero-order chi connectivity index (χ0) is 23.2. The molecule has 0 aromatic heterocycles. The van der Waals surface area contributed by atoms with E-state index in [-0.39, 0.29) is 18.0 Å². The molecule has 1 aliphatic heterocycles. The second-order valence-corrected chi connectivity index (χ2v) is 9.81. The van der Waals surface area contributed by atoms with Gasteiger partial charge in [0.25, 0.3) is 0 Å². The number of carbonyl (C=O) groups excluding carboxylic acids is 1. The summed E-state index contributed by atoms with van der Waals surface area (Å²) in [5, 5.41) is 3.56. The predicted molar refractivity (Wildman–Crippen MR) is 130 cm³/mol. The number of benzene rings is 3. The molecule has 7 heteroatoms. The van der Waals surface area contributed by atoms with Crippen LogP contribution in [-0.2, 0) is 17.4 Å². The highest BCUT2D eigenvalue weighted by Gasteiger charge is 2.43. The van der Waals surface area contributed by atoms with Gasteiger partial charge in [-0.15, -0.1) is 0 Å². The van der Waals surface area contributed by atoms with Crippen LogP contribution in [0.5, 0.6) is 0 Å². The molecule has 1 aliphatic carbocycles. The molecule has 1 saturated heterocycles. The van der Waals surface area contributed by atoms with Crippen molar-refractivity contribution < 1.29 is 18.0 Å². The lowest BCUT2D eigenvalue weighted by molar-refractivity contribution is -0.137. The van der Waals surface area contributed by atoms with E-state index in [4.69, 9.17) is 0 Å². The Morgan fingerprint density at radius 2 is 1.70 bits per heavy atom. The van der Waals surface area contributed by atoms with Gasteiger partial charge in [-0.3, -0.25) is 10.1 Å². The number of hydrogen-bond acceptors (Lipinski definition) is 2. The Bertz CT molecular complexity index is 1180. The van der Waals surface area contributed by atoms with Crippen LogP contribution in [0, 0.1) is 3.57 Å². The van der Waals surface area contributed by atoms with Crippen molar-refractivity contribution in [3.8, 4) is 0 Å². The Morgan fingerprint density at radius 1 is 0.939 bits per heavy atom. The highest BCUT2D eigenvalue weighted by molar-refractivity contribution is 14.1. The Morgan fingerprint density at radius 3 is 2.42 bits per heavy atom. The summed E-state index contributed by atoms with van der Waals surface area (Å²) >= 11 is 2.23. The second-order valence-electron chi connectivity index (χ2n) is 8.57. The maximum Gasteiger partial charge on any atom is 0.416 e. The number of aryl methyl sites for hydroxylation is 1. The molecule has 1 amide bonds. The molecule has 0 radical (unpaired) electrons. The monoisotopic (exact) mass is 562 g/mol. The molecule has 1 N–H and O–H groups in total. The number of anilines is 1. The fourth-order valence-corrected chi connectivity index (χ4v) is 5.55. The van der Waals surface area contributed by atoms with Crippen molar-refractivity contribution in [1.82, 2.24) is 5.32 Å². The third-order valence-corrected chi connectivity index (χ3v) is 7.22. The number of halogens is 4. The Kier molecular flexibility index (Phi) is 5.95. The first-order valence-electron chi connectivity index (χ1n) is 10.9. The SMILES string of the molecule is O=C1[C@H](N[C@H]2CCc3ccccc32)C[C@@H](c2cccc(I)c2)N1c1ccc(C(F)(F)F)cc1. The van der Waals surface area contributed by atoms with Crippen LogP contribution in [-0.4, -0.2) is 11.9 Å². The van der Waals surface area contributed by atoms with Crippen LogP contribution < -0.4 is 10.2 Å². The van der Waals surface area contributed by atoms with Crippen molar-refractivity contribution in [2.24, 2.45) is 0 Å². The van der Waals surface area contributed by atoms with Gasteiger partial charge in [-0.1, -0.05) is 36.4 Å². The molecular formula is C26H22F3IN2O. The summed E-state index contributed by atoms with van der Waals surface area (Å²) in [6, 6.07) is 20.5. The summed E-state index contributed by atoms with van der Waals surface area (Å²) in [4.78, 5) is 15.3. The topological polar surface area (TPSA) is 32.3 Å². The zero-order valence-electron chi connectivity index (χ0n) is 17.6. The van der Waals surface area contributed by atoms with E-state index in [1.54, 1.807) is 4.90 Å². The van der Waals surface area contributed by atoms with Gasteiger partial charge >= 0.3 is 6.18 Å². The van der Waals surface area contributed by atoms with Crippen molar-refractivity contribution in [3.05, 3.63) is 98.6 Å². The first-order valence-corrected chi connectivity index (χ1v) is 12.0. The van der Waals surface area contributed by atoms with Gasteiger partial charge in [0.15, 0.2) is 0 Å². The number of amides is 1. The lowest BCUT2D eigenvalue weighted by Gasteiger charge is -2.26. The number of rotatable bonds is 4. The molecule has 3 aromatic carbocycles. The average molecular weight is 562 g/mol. The van der Waals surface area contributed by atoms with Crippen molar-refractivity contribution in [2.45, 2.75) is 43.6 Å². The van der Waals surface area contributed by atoms with Crippen LogP contribution >= 0.6 is 22.6 Å². The van der Waals surface area contributed by atoms with Crippen LogP contribution in [0.15, 0.2) is 72.8 Å². The quantitative estimate of drug-likeness (QED) is 0.372. The van der Waals surface area contributed by atoms with Crippen LogP contribution in [0.3, 0.4) is 0 Å². The number of nitrogens with zero attached hydrogens (tertiary/aromatic N) is 1. The average Bonchev–Trinajstić information content (AvgIpc) is 3.35. The van der Waals surface area contributed by atoms with Crippen LogP contribution in [0.25, 0.3) is 0 Å². The van der Waals surface area contributed by atoms with E-state index < -0.39 is 17.8 Å². The van der Waals surface area contributed by atoms with Crippen LogP contribution in [0.4, 0.5) is 18.9 Å². The Hall–Kier alpha value is -2.39. The molecule has 5 rings (SSSR count). The third kappa shape index (κ3) is 4.40. The molecule has 0 spiro atoms. The highest BCUT2D eigenvalue weighted by atomic mass is 127. The lowest BCUT2D eigenvalue weighted by atomic mass is 10.0. The normalized spacial score (nSPS) is 22.6. The van der Waals surface area contributed by atoms with E-state index in [0.29, 0.717) is 12.1 Å². The third-order valence-electron chi connectivity index (χ3n) is 6.55. The van der Waals surface area contributed by atoms with Gasteiger partial charge in [-0.2, -0.15) is 13.2 Å². The standard InChI is InChI=1S/C26H22F3IN2O/c27-26(28,29)18-9-11-20(12-10-18)32-24(17-5-3-6-19(30)14-17)15-23(25(32)33)31-22-13-8-16-4-1-2-7-21(16)22/h1-7,9-12,14,22-24,31H,8,13,15H2/t22-,23+,24-/m0/s1. The van der Waals surface area contributed by atoms with Crippen molar-refractivity contribution in [2.75, 3.05) is 4.90 Å². The number of alkyl halides is 3. The minimum Gasteiger partial charge on any atom is -0.304 e. The van der Waals surface area contributed by atoms with Gasteiger partial charge in [0.2, 0.25) is 5.91 Å². The number of carbonyl (C=O) groups is 1. The van der Waals surface area contributed by atoms with E-state index in [2.05, 4.69) is 40.0 Å². The van der Waals surface area contributed by atoms with Gasteiger partial charge in [0.1, 0.15) is 0 Å². The molecule has 2 aliphatic rings. The molecule has 170 valence electrons. The number of fused-ring (bicyclic) bond motifs is 1. The van der Waals surface area contributed by atoms with E-state index in [1.807, 2.05) is 36.4 Å². The molecule has 3 atom stereocenters. The maximum atomic E-state index is 13.6. The summed E-state index contributed by atoms with van der Waals surface area (Å²) in [6.07, 6.45) is -1.96. The van der Waals surface area contributed by atoms with E-state index in [9.17, 15) is 18.0 Å². The van der Waals surface area contributed by atoms with Crippen molar-refractivity contribution >= 4 is 34.2 Å². The van der Waals surface area contributed by atoms with E-state index in [1.165, 1.54) is 23.3 Å². The Balaban J connectivity index is 1.47. The maximum absolute atomic E-state index is 13.6.